The second-order valence-corrected chi connectivity index (χ2v) is 11.6. The Labute approximate surface area is 271 Å². The van der Waals surface area contributed by atoms with E-state index in [0.717, 1.165) is 77.7 Å². The van der Waals surface area contributed by atoms with Gasteiger partial charge < -0.3 is 4.42 Å². The van der Waals surface area contributed by atoms with Crippen molar-refractivity contribution in [3.05, 3.63) is 164 Å². The van der Waals surface area contributed by atoms with Crippen LogP contribution < -0.4 is 0 Å². The van der Waals surface area contributed by atoms with Gasteiger partial charge in [0.25, 0.3) is 0 Å². The Hall–Kier alpha value is -6.39. The molecular weight excluding hydrogens is 574 g/mol. The van der Waals surface area contributed by atoms with Gasteiger partial charge in [0, 0.05) is 33.0 Å². The molecule has 3 heterocycles. The first-order valence-corrected chi connectivity index (χ1v) is 15.7. The molecule has 0 saturated carbocycles. The lowest BCUT2D eigenvalue weighted by atomic mass is 10.00. The van der Waals surface area contributed by atoms with Gasteiger partial charge in [0.15, 0.2) is 5.82 Å². The van der Waals surface area contributed by atoms with Crippen LogP contribution in [0.3, 0.4) is 0 Å². The number of fused-ring (bicyclic) bond motifs is 5. The molecule has 220 valence electrons. The highest BCUT2D eigenvalue weighted by Crippen LogP contribution is 2.41. The van der Waals surface area contributed by atoms with E-state index in [1.54, 1.807) is 0 Å². The minimum absolute atomic E-state index is 0.612. The Kier molecular flexibility index (Phi) is 6.43. The van der Waals surface area contributed by atoms with Gasteiger partial charge in [-0.3, -0.25) is 0 Å². The molecule has 9 aromatic rings. The maximum Gasteiger partial charge on any atom is 0.162 e. The van der Waals surface area contributed by atoms with E-state index < -0.39 is 0 Å². The highest BCUT2D eigenvalue weighted by molar-refractivity contribution is 6.20. The van der Waals surface area contributed by atoms with Crippen molar-refractivity contribution in [3.8, 4) is 56.3 Å². The minimum Gasteiger partial charge on any atom is -0.455 e. The van der Waals surface area contributed by atoms with Crippen molar-refractivity contribution in [2.75, 3.05) is 0 Å². The van der Waals surface area contributed by atoms with E-state index in [4.69, 9.17) is 19.4 Å². The van der Waals surface area contributed by atoms with Crippen LogP contribution in [0.15, 0.2) is 168 Å². The van der Waals surface area contributed by atoms with E-state index in [-0.39, 0.29) is 0 Å². The number of rotatable bonds is 5. The molecule has 0 bridgehead atoms. The first kappa shape index (κ1) is 27.0. The number of hydrogen-bond acceptors (Lipinski definition) is 4. The van der Waals surface area contributed by atoms with Gasteiger partial charge in [0.2, 0.25) is 0 Å². The van der Waals surface area contributed by atoms with Crippen molar-refractivity contribution in [3.63, 3.8) is 0 Å². The summed E-state index contributed by atoms with van der Waals surface area (Å²) < 4.78 is 6.57. The highest BCUT2D eigenvalue weighted by Gasteiger charge is 2.21. The van der Waals surface area contributed by atoms with Gasteiger partial charge in [0.1, 0.15) is 11.2 Å². The van der Waals surface area contributed by atoms with E-state index in [1.807, 2.05) is 66.7 Å². The predicted molar refractivity (Wildman–Crippen MR) is 192 cm³/mol. The number of hydrogen-bond donors (Lipinski definition) is 0. The van der Waals surface area contributed by atoms with Crippen LogP contribution in [0.5, 0.6) is 0 Å². The van der Waals surface area contributed by atoms with Gasteiger partial charge in [-0.2, -0.15) is 0 Å². The zero-order chi connectivity index (χ0) is 31.2. The van der Waals surface area contributed by atoms with Gasteiger partial charge in [-0.05, 0) is 35.4 Å². The summed E-state index contributed by atoms with van der Waals surface area (Å²) in [6.45, 7) is 0. The maximum absolute atomic E-state index is 6.57. The number of benzene rings is 6. The monoisotopic (exact) mass is 601 g/mol. The summed E-state index contributed by atoms with van der Waals surface area (Å²) in [5.74, 6) is 0.612. The first-order chi connectivity index (χ1) is 23.3. The van der Waals surface area contributed by atoms with Crippen molar-refractivity contribution in [2.24, 2.45) is 0 Å². The zero-order valence-corrected chi connectivity index (χ0v) is 25.3. The first-order valence-electron chi connectivity index (χ1n) is 15.7. The fourth-order valence-electron chi connectivity index (χ4n) is 6.41. The largest absolute Gasteiger partial charge is 0.455 e. The zero-order valence-electron chi connectivity index (χ0n) is 25.3. The third-order valence-corrected chi connectivity index (χ3v) is 8.71. The number of para-hydroxylation sites is 2. The molecule has 0 fully saturated rings. The highest BCUT2D eigenvalue weighted by atomic mass is 16.3. The van der Waals surface area contributed by atoms with Gasteiger partial charge in [-0.25, -0.2) is 15.0 Å². The normalized spacial score (nSPS) is 11.4. The molecule has 6 aromatic carbocycles. The van der Waals surface area contributed by atoms with Crippen molar-refractivity contribution in [1.82, 2.24) is 15.0 Å². The Balaban J connectivity index is 1.29. The Morgan fingerprint density at radius 3 is 1.64 bits per heavy atom. The molecule has 0 N–H and O–H groups in total. The summed E-state index contributed by atoms with van der Waals surface area (Å²) in [5.41, 5.74) is 11.3. The minimum atomic E-state index is 0.612. The third kappa shape index (κ3) is 4.75. The van der Waals surface area contributed by atoms with E-state index in [9.17, 15) is 0 Å². The van der Waals surface area contributed by atoms with Gasteiger partial charge in [-0.1, -0.05) is 140 Å². The number of aromatic nitrogens is 3. The van der Waals surface area contributed by atoms with Gasteiger partial charge in [-0.15, -0.1) is 0 Å². The fourth-order valence-corrected chi connectivity index (χ4v) is 6.41. The molecule has 0 aliphatic rings. The predicted octanol–water partition coefficient (Wildman–Crippen LogP) is 11.3. The van der Waals surface area contributed by atoms with E-state index in [1.165, 1.54) is 5.56 Å². The molecular formula is C43H27N3O. The molecule has 0 amide bonds. The molecule has 9 rings (SSSR count). The molecule has 0 atom stereocenters. The lowest BCUT2D eigenvalue weighted by molar-refractivity contribution is 0.672. The van der Waals surface area contributed by atoms with Crippen LogP contribution in [-0.4, -0.2) is 15.0 Å². The molecule has 0 spiro atoms. The van der Waals surface area contributed by atoms with Crippen LogP contribution in [0.1, 0.15) is 0 Å². The maximum atomic E-state index is 6.57. The smallest absolute Gasteiger partial charge is 0.162 e. The number of furan rings is 1. The second kappa shape index (κ2) is 11.2. The molecule has 0 radical (unpaired) electrons. The van der Waals surface area contributed by atoms with E-state index in [0.29, 0.717) is 5.82 Å². The number of nitrogens with zero attached hydrogens (tertiary/aromatic N) is 3. The number of pyridine rings is 1. The lowest BCUT2D eigenvalue weighted by Gasteiger charge is -2.13. The van der Waals surface area contributed by atoms with Crippen LogP contribution in [0.25, 0.3) is 89.1 Å². The van der Waals surface area contributed by atoms with E-state index >= 15 is 0 Å². The fraction of sp³-hybridized carbons (Fsp3) is 0. The summed E-state index contributed by atoms with van der Waals surface area (Å²) in [6.07, 6.45) is 0. The molecule has 4 heteroatoms. The SMILES string of the molecule is c1ccc(-c2ccc(-c3cc(-c4ccccc4)nc(-c4cccc5c4nc(-c4ccccc4)c4c6ccccc6oc54)n3)cc2)cc1. The second-order valence-electron chi connectivity index (χ2n) is 11.6. The average molecular weight is 602 g/mol. The van der Waals surface area contributed by atoms with Crippen molar-refractivity contribution in [2.45, 2.75) is 0 Å². The average Bonchev–Trinajstić information content (AvgIpc) is 3.55. The van der Waals surface area contributed by atoms with Crippen LogP contribution in [0, 0.1) is 0 Å². The van der Waals surface area contributed by atoms with Crippen LogP contribution in [0.2, 0.25) is 0 Å². The molecule has 0 unspecified atom stereocenters. The third-order valence-electron chi connectivity index (χ3n) is 8.71. The topological polar surface area (TPSA) is 51.8 Å². The summed E-state index contributed by atoms with van der Waals surface area (Å²) in [4.78, 5) is 15.7. The molecule has 0 aliphatic heterocycles. The van der Waals surface area contributed by atoms with Crippen LogP contribution in [-0.2, 0) is 0 Å². The molecule has 4 nitrogen and oxygen atoms in total. The van der Waals surface area contributed by atoms with Gasteiger partial charge in [0.05, 0.1) is 28.0 Å². The Morgan fingerprint density at radius 2 is 0.936 bits per heavy atom. The van der Waals surface area contributed by atoms with Crippen molar-refractivity contribution >= 4 is 32.8 Å². The van der Waals surface area contributed by atoms with Gasteiger partial charge >= 0.3 is 0 Å². The van der Waals surface area contributed by atoms with E-state index in [2.05, 4.69) is 97.1 Å². The summed E-state index contributed by atoms with van der Waals surface area (Å²) in [7, 11) is 0. The van der Waals surface area contributed by atoms with Crippen molar-refractivity contribution in [1.29, 1.82) is 0 Å². The Morgan fingerprint density at radius 1 is 0.404 bits per heavy atom. The molecule has 3 aromatic heterocycles. The standard InChI is InChI=1S/C43H27N3O/c1-4-13-28(14-5-1)29-23-25-31(26-24-29)37-27-36(30-15-6-2-7-16-30)44-43(45-37)35-21-12-20-34-41(35)46-40(32-17-8-3-9-18-32)39-33-19-10-11-22-38(33)47-42(34)39/h1-27H. The van der Waals surface area contributed by atoms with Crippen molar-refractivity contribution < 1.29 is 4.42 Å². The molecule has 0 saturated heterocycles. The summed E-state index contributed by atoms with van der Waals surface area (Å²) in [6, 6.07) is 56.0. The lowest BCUT2D eigenvalue weighted by Crippen LogP contribution is -1.98. The summed E-state index contributed by atoms with van der Waals surface area (Å²) in [5, 5.41) is 2.98. The van der Waals surface area contributed by atoms with Crippen LogP contribution >= 0.6 is 0 Å². The summed E-state index contributed by atoms with van der Waals surface area (Å²) >= 11 is 0. The van der Waals surface area contributed by atoms with Crippen LogP contribution in [0.4, 0.5) is 0 Å². The molecule has 0 aliphatic carbocycles. The Bertz CT molecular complexity index is 2540. The quantitative estimate of drug-likeness (QED) is 0.197. The molecule has 47 heavy (non-hydrogen) atoms.